The minimum atomic E-state index is -3.85. The second kappa shape index (κ2) is 7.00. The van der Waals surface area contributed by atoms with Crippen molar-refractivity contribution in [3.8, 4) is 5.75 Å². The Morgan fingerprint density at radius 3 is 2.48 bits per heavy atom. The van der Waals surface area contributed by atoms with Crippen molar-refractivity contribution in [3.05, 3.63) is 74.1 Å². The molecule has 0 saturated carbocycles. The van der Waals surface area contributed by atoms with Crippen LogP contribution in [-0.4, -0.2) is 15.5 Å². The smallest absolute Gasteiger partial charge is 0.251 e. The lowest BCUT2D eigenvalue weighted by molar-refractivity contribution is 0.415. The summed E-state index contributed by atoms with van der Waals surface area (Å²) in [6.45, 7) is 0. The first-order valence-corrected chi connectivity index (χ1v) is 9.94. The maximum atomic E-state index is 12.5. The minimum absolute atomic E-state index is 0.236. The molecule has 25 heavy (non-hydrogen) atoms. The van der Waals surface area contributed by atoms with Crippen molar-refractivity contribution in [1.82, 2.24) is 0 Å². The molecule has 3 aromatic rings. The lowest BCUT2D eigenvalue weighted by Crippen LogP contribution is -2.09. The summed E-state index contributed by atoms with van der Waals surface area (Å²) in [5.74, 6) is 0.612. The summed E-state index contributed by atoms with van der Waals surface area (Å²) in [6, 6.07) is 13.3. The van der Waals surface area contributed by atoms with Gasteiger partial charge in [0.25, 0.3) is 4.74 Å². The summed E-state index contributed by atoms with van der Waals surface area (Å²) in [6.07, 6.45) is 1.44. The van der Waals surface area contributed by atoms with Crippen LogP contribution in [0.5, 0.6) is 5.75 Å². The first-order valence-electron chi connectivity index (χ1n) is 7.20. The Hall–Kier alpha value is -2.15. The third-order valence-corrected chi connectivity index (χ3v) is 6.30. The van der Waals surface area contributed by atoms with Crippen LogP contribution in [0.4, 0.5) is 0 Å². The largest absolute Gasteiger partial charge is 0.497 e. The minimum Gasteiger partial charge on any atom is -0.497 e. The molecule has 1 heterocycles. The van der Waals surface area contributed by atoms with Crippen LogP contribution in [-0.2, 0) is 9.84 Å². The first-order chi connectivity index (χ1) is 11.9. The van der Waals surface area contributed by atoms with E-state index >= 15 is 0 Å². The van der Waals surface area contributed by atoms with E-state index < -0.39 is 14.6 Å². The summed E-state index contributed by atoms with van der Waals surface area (Å²) >= 11 is 6.69. The Labute approximate surface area is 153 Å². The van der Waals surface area contributed by atoms with Crippen molar-refractivity contribution in [3.63, 3.8) is 0 Å². The molecular weight excluding hydrogens is 380 g/mol. The Balaban J connectivity index is 2.03. The van der Waals surface area contributed by atoms with Gasteiger partial charge in [0.05, 0.1) is 7.11 Å². The molecule has 0 aliphatic rings. The predicted molar refractivity (Wildman–Crippen MR) is 102 cm³/mol. The molecule has 0 fully saturated rings. The molecule has 4 nitrogen and oxygen atoms in total. The van der Waals surface area contributed by atoms with Gasteiger partial charge in [-0.15, -0.1) is 0 Å². The standard InChI is InChI=1S/C18H13ClO4S2/c1-23-15-7-4-13-10-17(18(20)24-16(13)11-15)25(21,22)9-8-12-2-5-14(19)6-3-12/h2-11H,1H3. The molecule has 0 N–H and O–H groups in total. The quantitative estimate of drug-likeness (QED) is 0.661. The van der Waals surface area contributed by atoms with Crippen molar-refractivity contribution in [2.75, 3.05) is 7.11 Å². The topological polar surface area (TPSA) is 60.4 Å². The van der Waals surface area contributed by atoms with Crippen LogP contribution in [0, 0.1) is 0 Å². The molecule has 0 amide bonds. The molecule has 0 saturated heterocycles. The molecule has 1 aromatic heterocycles. The van der Waals surface area contributed by atoms with Crippen molar-refractivity contribution in [1.29, 1.82) is 0 Å². The number of fused-ring (bicyclic) bond motifs is 1. The summed E-state index contributed by atoms with van der Waals surface area (Å²) in [5, 5.41) is 2.27. The van der Waals surface area contributed by atoms with E-state index in [2.05, 4.69) is 0 Å². The highest BCUT2D eigenvalue weighted by molar-refractivity contribution is 7.94. The summed E-state index contributed by atoms with van der Waals surface area (Å²) in [4.78, 5) is 12.0. The second-order valence-corrected chi connectivity index (χ2v) is 8.45. The molecule has 7 heteroatoms. The maximum Gasteiger partial charge on any atom is 0.251 e. The molecule has 0 atom stereocenters. The fraction of sp³-hybridized carbons (Fsp3) is 0.0556. The van der Waals surface area contributed by atoms with Crippen LogP contribution in [0.2, 0.25) is 5.02 Å². The summed E-state index contributed by atoms with van der Waals surface area (Å²) in [5.41, 5.74) is 0.676. The second-order valence-electron chi connectivity index (χ2n) is 5.20. The lowest BCUT2D eigenvalue weighted by Gasteiger charge is -2.03. The number of benzene rings is 2. The van der Waals surface area contributed by atoms with Crippen LogP contribution in [0.25, 0.3) is 16.2 Å². The number of hydrogen-bond acceptors (Lipinski definition) is 5. The van der Waals surface area contributed by atoms with Gasteiger partial charge in [0, 0.05) is 15.1 Å². The van der Waals surface area contributed by atoms with Gasteiger partial charge < -0.3 is 4.74 Å². The zero-order valence-corrected chi connectivity index (χ0v) is 15.5. The summed E-state index contributed by atoms with van der Waals surface area (Å²) < 4.78 is 30.3. The van der Waals surface area contributed by atoms with E-state index in [-0.39, 0.29) is 4.90 Å². The van der Waals surface area contributed by atoms with E-state index in [1.54, 1.807) is 42.5 Å². The first kappa shape index (κ1) is 17.7. The molecular formula is C18H13ClO4S2. The number of rotatable bonds is 4. The molecule has 0 aliphatic carbocycles. The van der Waals surface area contributed by atoms with Gasteiger partial charge in [0.1, 0.15) is 10.6 Å². The SMILES string of the molecule is COc1ccc2cc(S(=O)(=O)C=Cc3ccc(Cl)cc3)c(=O)sc2c1. The fourth-order valence-electron chi connectivity index (χ4n) is 2.21. The molecule has 0 aliphatic heterocycles. The molecule has 0 bridgehead atoms. The highest BCUT2D eigenvalue weighted by atomic mass is 35.5. The van der Waals surface area contributed by atoms with Gasteiger partial charge in [0.2, 0.25) is 9.84 Å². The maximum absolute atomic E-state index is 12.5. The van der Waals surface area contributed by atoms with Gasteiger partial charge in [-0.25, -0.2) is 8.42 Å². The van der Waals surface area contributed by atoms with Crippen LogP contribution in [0.1, 0.15) is 5.56 Å². The molecule has 2 aromatic carbocycles. The zero-order chi connectivity index (χ0) is 18.0. The van der Waals surface area contributed by atoms with Gasteiger partial charge >= 0.3 is 0 Å². The van der Waals surface area contributed by atoms with E-state index in [9.17, 15) is 13.2 Å². The normalized spacial score (nSPS) is 11.9. The predicted octanol–water partition coefficient (Wildman–Crippen LogP) is 4.37. The van der Waals surface area contributed by atoms with Crippen molar-refractivity contribution in [2.45, 2.75) is 4.90 Å². The lowest BCUT2D eigenvalue weighted by atomic mass is 10.2. The molecule has 0 radical (unpaired) electrons. The molecule has 0 spiro atoms. The van der Waals surface area contributed by atoms with E-state index in [0.717, 1.165) is 16.7 Å². The van der Waals surface area contributed by atoms with Crippen LogP contribution in [0.3, 0.4) is 0 Å². The highest BCUT2D eigenvalue weighted by Gasteiger charge is 2.17. The number of sulfone groups is 1. The Morgan fingerprint density at radius 2 is 1.80 bits per heavy atom. The van der Waals surface area contributed by atoms with E-state index in [4.69, 9.17) is 16.3 Å². The van der Waals surface area contributed by atoms with E-state index in [0.29, 0.717) is 26.4 Å². The Kier molecular flexibility index (Phi) is 4.94. The van der Waals surface area contributed by atoms with Crippen LogP contribution >= 0.6 is 22.9 Å². The van der Waals surface area contributed by atoms with Gasteiger partial charge in [0.15, 0.2) is 0 Å². The molecule has 0 unspecified atom stereocenters. The average Bonchev–Trinajstić information content (AvgIpc) is 2.60. The van der Waals surface area contributed by atoms with Crippen molar-refractivity contribution >= 4 is 48.9 Å². The van der Waals surface area contributed by atoms with Gasteiger partial charge in [-0.1, -0.05) is 35.1 Å². The number of hydrogen-bond donors (Lipinski definition) is 0. The fourth-order valence-corrected chi connectivity index (χ4v) is 4.60. The van der Waals surface area contributed by atoms with Crippen molar-refractivity contribution < 1.29 is 13.2 Å². The summed E-state index contributed by atoms with van der Waals surface area (Å²) in [7, 11) is -2.32. The number of ether oxygens (including phenoxy) is 1. The van der Waals surface area contributed by atoms with Gasteiger partial charge in [-0.05, 0) is 53.4 Å². The monoisotopic (exact) mass is 392 g/mol. The van der Waals surface area contributed by atoms with E-state index in [1.807, 2.05) is 0 Å². The van der Waals surface area contributed by atoms with Crippen LogP contribution in [0.15, 0.2) is 63.6 Å². The van der Waals surface area contributed by atoms with Crippen LogP contribution < -0.4 is 9.48 Å². The highest BCUT2D eigenvalue weighted by Crippen LogP contribution is 2.25. The number of methoxy groups -OCH3 is 1. The van der Waals surface area contributed by atoms with Crippen molar-refractivity contribution in [2.24, 2.45) is 0 Å². The average molecular weight is 393 g/mol. The third kappa shape index (κ3) is 3.92. The number of halogens is 1. The Morgan fingerprint density at radius 1 is 1.08 bits per heavy atom. The molecule has 3 rings (SSSR count). The van der Waals surface area contributed by atoms with Gasteiger partial charge in [-0.3, -0.25) is 4.79 Å². The van der Waals surface area contributed by atoms with Gasteiger partial charge in [-0.2, -0.15) is 0 Å². The third-order valence-electron chi connectivity index (χ3n) is 3.53. The van der Waals surface area contributed by atoms with E-state index in [1.165, 1.54) is 19.3 Å². The zero-order valence-electron chi connectivity index (χ0n) is 13.1. The Bertz CT molecular complexity index is 1110. The molecule has 128 valence electrons.